The van der Waals surface area contributed by atoms with Gasteiger partial charge in [-0.05, 0) is 47.1 Å². The van der Waals surface area contributed by atoms with Crippen LogP contribution in [0.1, 0.15) is 37.8 Å². The van der Waals surface area contributed by atoms with Crippen molar-refractivity contribution in [2.24, 2.45) is 17.8 Å². The first-order valence-electron chi connectivity index (χ1n) is 14.0. The SMILES string of the molecule is CC(C)CC(C(=O)NC(Cc1ccccc1)C(=O)NCCCS(=O)(=O)O)C(Cc1ccc2ccccc2c1)C(=O)NO. The van der Waals surface area contributed by atoms with Crippen LogP contribution in [0.25, 0.3) is 10.8 Å². The van der Waals surface area contributed by atoms with E-state index in [9.17, 15) is 28.0 Å². The van der Waals surface area contributed by atoms with Crippen LogP contribution in [0.5, 0.6) is 0 Å². The smallest absolute Gasteiger partial charge is 0.264 e. The first-order valence-corrected chi connectivity index (χ1v) is 15.6. The minimum Gasteiger partial charge on any atom is -0.354 e. The van der Waals surface area contributed by atoms with E-state index in [0.29, 0.717) is 6.42 Å². The van der Waals surface area contributed by atoms with Gasteiger partial charge in [-0.2, -0.15) is 8.42 Å². The number of carbonyl (C=O) groups excluding carboxylic acids is 3. The molecule has 3 amide bonds. The van der Waals surface area contributed by atoms with Gasteiger partial charge in [0.1, 0.15) is 6.04 Å². The van der Waals surface area contributed by atoms with Crippen LogP contribution in [-0.2, 0) is 37.3 Å². The lowest BCUT2D eigenvalue weighted by molar-refractivity contribution is -0.141. The molecule has 3 aromatic rings. The molecule has 0 bridgehead atoms. The molecule has 0 fully saturated rings. The summed E-state index contributed by atoms with van der Waals surface area (Å²) < 4.78 is 31.0. The number of hydrogen-bond acceptors (Lipinski definition) is 6. The van der Waals surface area contributed by atoms with Crippen LogP contribution in [0.2, 0.25) is 0 Å². The molecule has 0 radical (unpaired) electrons. The molecular formula is C31H39N3O7S. The van der Waals surface area contributed by atoms with Crippen molar-refractivity contribution >= 4 is 38.6 Å². The van der Waals surface area contributed by atoms with Crippen molar-refractivity contribution in [3.05, 3.63) is 83.9 Å². The van der Waals surface area contributed by atoms with E-state index in [2.05, 4.69) is 10.6 Å². The summed E-state index contributed by atoms with van der Waals surface area (Å²) in [4.78, 5) is 40.0. The van der Waals surface area contributed by atoms with Crippen LogP contribution in [0.3, 0.4) is 0 Å². The number of carbonyl (C=O) groups is 3. The van der Waals surface area contributed by atoms with E-state index < -0.39 is 51.5 Å². The van der Waals surface area contributed by atoms with E-state index in [1.165, 1.54) is 0 Å². The summed E-state index contributed by atoms with van der Waals surface area (Å²) in [5.74, 6) is -4.00. The van der Waals surface area contributed by atoms with Gasteiger partial charge in [0.2, 0.25) is 17.7 Å². The third kappa shape index (κ3) is 10.2. The topological polar surface area (TPSA) is 162 Å². The zero-order chi connectivity index (χ0) is 30.7. The minimum atomic E-state index is -4.17. The van der Waals surface area contributed by atoms with Gasteiger partial charge in [-0.15, -0.1) is 0 Å². The lowest BCUT2D eigenvalue weighted by atomic mass is 9.80. The van der Waals surface area contributed by atoms with Crippen molar-refractivity contribution in [2.45, 2.75) is 45.6 Å². The normalized spacial score (nSPS) is 13.7. The van der Waals surface area contributed by atoms with E-state index in [1.807, 2.05) is 86.6 Å². The van der Waals surface area contributed by atoms with Crippen LogP contribution in [-0.4, -0.2) is 54.2 Å². The van der Waals surface area contributed by atoms with Gasteiger partial charge in [0.05, 0.1) is 17.6 Å². The fourth-order valence-electron chi connectivity index (χ4n) is 5.01. The third-order valence-corrected chi connectivity index (χ3v) is 7.86. The molecule has 0 aliphatic heterocycles. The molecule has 0 saturated carbocycles. The molecule has 0 heterocycles. The molecule has 0 aromatic heterocycles. The number of rotatable bonds is 15. The molecule has 226 valence electrons. The summed E-state index contributed by atoms with van der Waals surface area (Å²) in [7, 11) is -4.17. The highest BCUT2D eigenvalue weighted by atomic mass is 32.2. The molecule has 5 N–H and O–H groups in total. The molecule has 3 rings (SSSR count). The van der Waals surface area contributed by atoms with Crippen molar-refractivity contribution in [1.82, 2.24) is 16.1 Å². The fourth-order valence-corrected chi connectivity index (χ4v) is 5.52. The van der Waals surface area contributed by atoms with Crippen LogP contribution in [0.15, 0.2) is 72.8 Å². The van der Waals surface area contributed by atoms with E-state index in [0.717, 1.165) is 21.9 Å². The zero-order valence-electron chi connectivity index (χ0n) is 23.8. The molecule has 3 atom stereocenters. The zero-order valence-corrected chi connectivity index (χ0v) is 24.6. The van der Waals surface area contributed by atoms with Crippen molar-refractivity contribution in [1.29, 1.82) is 0 Å². The molecular weight excluding hydrogens is 558 g/mol. The quantitative estimate of drug-likeness (QED) is 0.0777. The first-order chi connectivity index (χ1) is 20.0. The summed E-state index contributed by atoms with van der Waals surface area (Å²) in [5, 5.41) is 17.1. The molecule has 10 nitrogen and oxygen atoms in total. The predicted octanol–water partition coefficient (Wildman–Crippen LogP) is 3.29. The summed E-state index contributed by atoms with van der Waals surface area (Å²) in [5.41, 5.74) is 3.34. The van der Waals surface area contributed by atoms with Crippen molar-refractivity contribution in [3.63, 3.8) is 0 Å². The van der Waals surface area contributed by atoms with Gasteiger partial charge in [-0.1, -0.05) is 86.6 Å². The Kier molecular flexibility index (Phi) is 12.0. The highest BCUT2D eigenvalue weighted by molar-refractivity contribution is 7.85. The van der Waals surface area contributed by atoms with Gasteiger partial charge in [-0.25, -0.2) is 5.48 Å². The van der Waals surface area contributed by atoms with E-state index in [4.69, 9.17) is 4.55 Å². The Labute approximate surface area is 246 Å². The molecule has 11 heteroatoms. The molecule has 42 heavy (non-hydrogen) atoms. The van der Waals surface area contributed by atoms with Crippen molar-refractivity contribution < 1.29 is 32.6 Å². The maximum Gasteiger partial charge on any atom is 0.264 e. The Morgan fingerprint density at radius 2 is 1.45 bits per heavy atom. The Balaban J connectivity index is 1.85. The second-order valence-corrected chi connectivity index (χ2v) is 12.5. The van der Waals surface area contributed by atoms with Gasteiger partial charge in [0.25, 0.3) is 10.1 Å². The summed E-state index contributed by atoms with van der Waals surface area (Å²) >= 11 is 0. The lowest BCUT2D eigenvalue weighted by Gasteiger charge is -2.28. The first kappa shape index (κ1) is 32.7. The van der Waals surface area contributed by atoms with Crippen LogP contribution < -0.4 is 16.1 Å². The van der Waals surface area contributed by atoms with Crippen LogP contribution in [0.4, 0.5) is 0 Å². The maximum absolute atomic E-state index is 13.8. The molecule has 3 aromatic carbocycles. The summed E-state index contributed by atoms with van der Waals surface area (Å²) in [6, 6.07) is 21.6. The van der Waals surface area contributed by atoms with Gasteiger partial charge < -0.3 is 10.6 Å². The van der Waals surface area contributed by atoms with E-state index >= 15 is 0 Å². The maximum atomic E-state index is 13.8. The van der Waals surface area contributed by atoms with Gasteiger partial charge in [-0.3, -0.25) is 24.1 Å². The summed E-state index contributed by atoms with van der Waals surface area (Å²) in [6.45, 7) is 3.83. The monoisotopic (exact) mass is 597 g/mol. The van der Waals surface area contributed by atoms with E-state index in [1.54, 1.807) is 5.48 Å². The molecule has 0 spiro atoms. The summed E-state index contributed by atoms with van der Waals surface area (Å²) in [6.07, 6.45) is 0.669. The average Bonchev–Trinajstić information content (AvgIpc) is 2.96. The minimum absolute atomic E-state index is 0.00292. The number of nitrogens with one attached hydrogen (secondary N) is 3. The average molecular weight is 598 g/mol. The number of fused-ring (bicyclic) bond motifs is 1. The molecule has 0 aliphatic carbocycles. The predicted molar refractivity (Wildman–Crippen MR) is 160 cm³/mol. The Hall–Kier alpha value is -3.80. The van der Waals surface area contributed by atoms with Crippen molar-refractivity contribution in [2.75, 3.05) is 12.3 Å². The Bertz CT molecular complexity index is 1460. The number of amides is 3. The molecule has 3 unspecified atom stereocenters. The number of hydroxylamine groups is 1. The molecule has 0 aliphatic rings. The lowest BCUT2D eigenvalue weighted by Crippen LogP contribution is -2.52. The van der Waals surface area contributed by atoms with Crippen LogP contribution in [0, 0.1) is 17.8 Å². The van der Waals surface area contributed by atoms with Crippen LogP contribution >= 0.6 is 0 Å². The Morgan fingerprint density at radius 1 is 0.786 bits per heavy atom. The Morgan fingerprint density at radius 3 is 2.10 bits per heavy atom. The highest BCUT2D eigenvalue weighted by Gasteiger charge is 2.36. The second-order valence-electron chi connectivity index (χ2n) is 10.9. The van der Waals surface area contributed by atoms with E-state index in [-0.39, 0.29) is 31.7 Å². The third-order valence-electron chi connectivity index (χ3n) is 7.06. The van der Waals surface area contributed by atoms with Gasteiger partial charge in [0, 0.05) is 13.0 Å². The number of benzene rings is 3. The second kappa shape index (κ2) is 15.4. The van der Waals surface area contributed by atoms with Gasteiger partial charge in [0.15, 0.2) is 0 Å². The van der Waals surface area contributed by atoms with Crippen molar-refractivity contribution in [3.8, 4) is 0 Å². The van der Waals surface area contributed by atoms with Gasteiger partial charge >= 0.3 is 0 Å². The fraction of sp³-hybridized carbons (Fsp3) is 0.387. The standard InChI is InChI=1S/C31H39N3O7S/c1-21(2)17-26(27(30(36)34-38)19-23-13-14-24-11-6-7-12-25(24)18-23)29(35)33-28(20-22-9-4-3-5-10-22)31(37)32-15-8-16-42(39,40)41/h3-7,9-14,18,21,26-28,38H,8,15-17,19-20H2,1-2H3,(H,32,37)(H,33,35)(H,34,36)(H,39,40,41). The number of hydrogen-bond donors (Lipinski definition) is 5. The molecule has 0 saturated heterocycles. The largest absolute Gasteiger partial charge is 0.354 e. The highest BCUT2D eigenvalue weighted by Crippen LogP contribution is 2.27.